The molecule has 1 aromatic carbocycles. The van der Waals surface area contributed by atoms with E-state index in [1.54, 1.807) is 0 Å². The fourth-order valence-corrected chi connectivity index (χ4v) is 1.11. The molecule has 0 amide bonds. The lowest BCUT2D eigenvalue weighted by atomic mass is 10.2. The first kappa shape index (κ1) is 8.91. The van der Waals surface area contributed by atoms with Gasteiger partial charge in [-0.3, -0.25) is 0 Å². The first-order valence-corrected chi connectivity index (χ1v) is 4.39. The Labute approximate surface area is 75.5 Å². The highest BCUT2D eigenvalue weighted by Crippen LogP contribution is 2.19. The van der Waals surface area contributed by atoms with Crippen LogP contribution in [0.1, 0.15) is 14.8 Å². The fraction of sp³-hybridized carbons (Fsp3) is 0.400. The van der Waals surface area contributed by atoms with Crippen molar-refractivity contribution in [1.29, 1.82) is 0 Å². The third kappa shape index (κ3) is 2.16. The molecule has 0 aromatic heterocycles. The van der Waals surface area contributed by atoms with E-state index in [1.165, 1.54) is 5.69 Å². The second kappa shape index (κ2) is 4.65. The molecule has 2 N–H and O–H groups in total. The number of hydrogen-bond donors (Lipinski definition) is 2. The number of nitrogens with one attached hydrogen (secondary N) is 2. The van der Waals surface area contributed by atoms with Crippen LogP contribution in [0.5, 0.6) is 0 Å². The third-order valence-electron chi connectivity index (χ3n) is 1.76. The zero-order chi connectivity index (χ0) is 8.81. The summed E-state index contributed by atoms with van der Waals surface area (Å²) in [5.74, 6) is 0. The Morgan fingerprint density at radius 2 is 1.92 bits per heavy atom. The number of anilines is 2. The Bertz CT molecular complexity index is 238. The standard InChI is InChI=1S/C10H16N2.H2/c1-3-8-12-10-7-5-4-6-9(10)11-2;/h4-7,11-12H,3,8H2,1-2H3;1H. The highest BCUT2D eigenvalue weighted by Gasteiger charge is 1.95. The third-order valence-corrected chi connectivity index (χ3v) is 1.76. The van der Waals surface area contributed by atoms with Crippen LogP contribution in [0.25, 0.3) is 0 Å². The molecule has 0 fully saturated rings. The van der Waals surface area contributed by atoms with Gasteiger partial charge in [0.15, 0.2) is 0 Å². The normalized spacial score (nSPS) is 9.50. The van der Waals surface area contributed by atoms with Crippen molar-refractivity contribution in [2.75, 3.05) is 24.2 Å². The van der Waals surface area contributed by atoms with Crippen molar-refractivity contribution in [3.63, 3.8) is 0 Å². The summed E-state index contributed by atoms with van der Waals surface area (Å²) < 4.78 is 0. The lowest BCUT2D eigenvalue weighted by Crippen LogP contribution is -2.02. The Morgan fingerprint density at radius 1 is 1.25 bits per heavy atom. The molecule has 12 heavy (non-hydrogen) atoms. The number of benzene rings is 1. The van der Waals surface area contributed by atoms with Crippen molar-refractivity contribution in [3.05, 3.63) is 24.3 Å². The van der Waals surface area contributed by atoms with Crippen LogP contribution in [0, 0.1) is 0 Å². The zero-order valence-electron chi connectivity index (χ0n) is 7.72. The van der Waals surface area contributed by atoms with Gasteiger partial charge in [-0.05, 0) is 18.6 Å². The molecule has 0 unspecified atom stereocenters. The molecule has 68 valence electrons. The van der Waals surface area contributed by atoms with E-state index in [4.69, 9.17) is 0 Å². The summed E-state index contributed by atoms with van der Waals surface area (Å²) in [7, 11) is 1.94. The minimum Gasteiger partial charge on any atom is -0.386 e. The Balaban J connectivity index is 0.00000144. The van der Waals surface area contributed by atoms with Crippen LogP contribution < -0.4 is 10.6 Å². The largest absolute Gasteiger partial charge is 0.386 e. The van der Waals surface area contributed by atoms with E-state index in [-0.39, 0.29) is 1.43 Å². The van der Waals surface area contributed by atoms with Gasteiger partial charge in [-0.2, -0.15) is 0 Å². The van der Waals surface area contributed by atoms with Crippen LogP contribution in [0.3, 0.4) is 0 Å². The van der Waals surface area contributed by atoms with Gasteiger partial charge in [0.1, 0.15) is 0 Å². The minimum absolute atomic E-state index is 0. The Morgan fingerprint density at radius 3 is 2.50 bits per heavy atom. The Hall–Kier alpha value is -1.18. The highest BCUT2D eigenvalue weighted by atomic mass is 14.9. The summed E-state index contributed by atoms with van der Waals surface area (Å²) in [5.41, 5.74) is 2.34. The number of hydrogen-bond acceptors (Lipinski definition) is 2. The zero-order valence-corrected chi connectivity index (χ0v) is 7.72. The molecular weight excluding hydrogens is 148 g/mol. The van der Waals surface area contributed by atoms with Gasteiger partial charge in [0.2, 0.25) is 0 Å². The van der Waals surface area contributed by atoms with Gasteiger partial charge < -0.3 is 10.6 Å². The van der Waals surface area contributed by atoms with Crippen LogP contribution in [0.2, 0.25) is 0 Å². The van der Waals surface area contributed by atoms with Crippen molar-refractivity contribution < 1.29 is 1.43 Å². The molecule has 1 rings (SSSR count). The minimum atomic E-state index is 0. The van der Waals surface area contributed by atoms with E-state index in [9.17, 15) is 0 Å². The number of para-hydroxylation sites is 2. The van der Waals surface area contributed by atoms with E-state index in [1.807, 2.05) is 19.2 Å². The molecule has 0 spiro atoms. The van der Waals surface area contributed by atoms with Crippen LogP contribution in [-0.4, -0.2) is 13.6 Å². The maximum Gasteiger partial charge on any atom is 0.0575 e. The molecule has 0 aliphatic rings. The second-order valence-corrected chi connectivity index (χ2v) is 2.72. The topological polar surface area (TPSA) is 24.1 Å². The van der Waals surface area contributed by atoms with Crippen molar-refractivity contribution in [1.82, 2.24) is 0 Å². The first-order chi connectivity index (χ1) is 5.88. The molecule has 2 heteroatoms. The predicted molar refractivity (Wildman–Crippen MR) is 56.9 cm³/mol. The second-order valence-electron chi connectivity index (χ2n) is 2.72. The molecule has 2 nitrogen and oxygen atoms in total. The van der Waals surface area contributed by atoms with Crippen molar-refractivity contribution in [2.45, 2.75) is 13.3 Å². The van der Waals surface area contributed by atoms with Crippen molar-refractivity contribution >= 4 is 11.4 Å². The summed E-state index contributed by atoms with van der Waals surface area (Å²) in [6.45, 7) is 3.19. The first-order valence-electron chi connectivity index (χ1n) is 4.39. The van der Waals surface area contributed by atoms with Gasteiger partial charge in [0.25, 0.3) is 0 Å². The molecule has 0 aliphatic carbocycles. The Kier molecular flexibility index (Phi) is 3.45. The maximum absolute atomic E-state index is 3.35. The van der Waals surface area contributed by atoms with Gasteiger partial charge in [-0.15, -0.1) is 0 Å². The lowest BCUT2D eigenvalue weighted by Gasteiger charge is -2.09. The van der Waals surface area contributed by atoms with E-state index in [0.717, 1.165) is 18.7 Å². The molecule has 0 saturated heterocycles. The van der Waals surface area contributed by atoms with Gasteiger partial charge in [0.05, 0.1) is 11.4 Å². The molecular formula is C10H18N2. The van der Waals surface area contributed by atoms with Gasteiger partial charge in [-0.25, -0.2) is 0 Å². The van der Waals surface area contributed by atoms with E-state index >= 15 is 0 Å². The number of rotatable bonds is 4. The lowest BCUT2D eigenvalue weighted by molar-refractivity contribution is 0.980. The summed E-state index contributed by atoms with van der Waals surface area (Å²) in [4.78, 5) is 0. The smallest absolute Gasteiger partial charge is 0.0575 e. The predicted octanol–water partition coefficient (Wildman–Crippen LogP) is 2.80. The van der Waals surface area contributed by atoms with E-state index < -0.39 is 0 Å². The molecule has 0 atom stereocenters. The quantitative estimate of drug-likeness (QED) is 0.718. The summed E-state index contributed by atoms with van der Waals surface area (Å²) in [6, 6.07) is 8.22. The average Bonchev–Trinajstić information content (AvgIpc) is 2.15. The fourth-order valence-electron chi connectivity index (χ4n) is 1.11. The molecule has 0 radical (unpaired) electrons. The van der Waals surface area contributed by atoms with Crippen LogP contribution in [0.15, 0.2) is 24.3 Å². The van der Waals surface area contributed by atoms with Crippen LogP contribution in [-0.2, 0) is 0 Å². The summed E-state index contributed by atoms with van der Waals surface area (Å²) in [5, 5.41) is 6.49. The highest BCUT2D eigenvalue weighted by molar-refractivity contribution is 5.68. The molecule has 1 aromatic rings. The maximum atomic E-state index is 3.35. The molecule has 0 aliphatic heterocycles. The molecule has 0 heterocycles. The average molecular weight is 166 g/mol. The molecule has 0 bridgehead atoms. The van der Waals surface area contributed by atoms with Gasteiger partial charge in [0, 0.05) is 15.0 Å². The van der Waals surface area contributed by atoms with Gasteiger partial charge in [-0.1, -0.05) is 19.1 Å². The van der Waals surface area contributed by atoms with Gasteiger partial charge >= 0.3 is 0 Å². The summed E-state index contributed by atoms with van der Waals surface area (Å²) >= 11 is 0. The van der Waals surface area contributed by atoms with E-state index in [0.29, 0.717) is 0 Å². The SMILES string of the molecule is CCCNc1ccccc1NC.[HH]. The van der Waals surface area contributed by atoms with Crippen molar-refractivity contribution in [2.24, 2.45) is 0 Å². The van der Waals surface area contributed by atoms with Crippen molar-refractivity contribution in [3.8, 4) is 0 Å². The summed E-state index contributed by atoms with van der Waals surface area (Å²) in [6.07, 6.45) is 1.15. The van der Waals surface area contributed by atoms with Crippen LogP contribution >= 0.6 is 0 Å². The monoisotopic (exact) mass is 166 g/mol. The van der Waals surface area contributed by atoms with Crippen LogP contribution in [0.4, 0.5) is 11.4 Å². The molecule has 0 saturated carbocycles. The van der Waals surface area contributed by atoms with E-state index in [2.05, 4.69) is 29.7 Å².